The Labute approximate surface area is 93.8 Å². The number of hydrogen-bond donors (Lipinski definition) is 1. The summed E-state index contributed by atoms with van der Waals surface area (Å²) in [5.74, 6) is 0.125. The minimum absolute atomic E-state index is 0.0495. The third kappa shape index (κ3) is 3.61. The predicted molar refractivity (Wildman–Crippen MR) is 57.8 cm³/mol. The molecule has 0 aromatic carbocycles. The average molecular weight is 246 g/mol. The summed E-state index contributed by atoms with van der Waals surface area (Å²) in [6, 6.07) is 0. The molecule has 0 atom stereocenters. The van der Waals surface area contributed by atoms with Crippen molar-refractivity contribution < 1.29 is 13.2 Å². The first-order valence-corrected chi connectivity index (χ1v) is 6.68. The molecule has 0 unspecified atom stereocenters. The number of H-pyrrole nitrogens is 1. The number of amides is 1. The van der Waals surface area contributed by atoms with Gasteiger partial charge in [-0.05, 0) is 6.92 Å². The first-order valence-electron chi connectivity index (χ1n) is 4.62. The molecule has 1 rings (SSSR count). The van der Waals surface area contributed by atoms with Crippen LogP contribution in [0.1, 0.15) is 16.4 Å². The van der Waals surface area contributed by atoms with Gasteiger partial charge in [0.2, 0.25) is 5.82 Å². The highest BCUT2D eigenvalue weighted by Crippen LogP contribution is 1.97. The first-order chi connectivity index (χ1) is 7.29. The number of carbonyl (C=O) groups is 1. The van der Waals surface area contributed by atoms with Crippen molar-refractivity contribution in [3.8, 4) is 0 Å². The monoisotopic (exact) mass is 246 g/mol. The van der Waals surface area contributed by atoms with Gasteiger partial charge in [0.05, 0.1) is 5.75 Å². The molecule has 1 N–H and O–H groups in total. The molecule has 8 heteroatoms. The number of carbonyl (C=O) groups excluding carboxylic acids is 1. The van der Waals surface area contributed by atoms with E-state index in [4.69, 9.17) is 0 Å². The van der Waals surface area contributed by atoms with Crippen LogP contribution in [0.2, 0.25) is 0 Å². The molecule has 0 spiro atoms. The van der Waals surface area contributed by atoms with Crippen molar-refractivity contribution >= 4 is 15.7 Å². The van der Waals surface area contributed by atoms with Gasteiger partial charge in [0.1, 0.15) is 15.7 Å². The zero-order valence-electron chi connectivity index (χ0n) is 9.39. The van der Waals surface area contributed by atoms with Crippen molar-refractivity contribution in [3.63, 3.8) is 0 Å². The van der Waals surface area contributed by atoms with Crippen LogP contribution in [0.15, 0.2) is 0 Å². The van der Waals surface area contributed by atoms with Crippen molar-refractivity contribution in [2.24, 2.45) is 0 Å². The van der Waals surface area contributed by atoms with E-state index in [2.05, 4.69) is 15.2 Å². The molecule has 0 fully saturated rings. The molecule has 16 heavy (non-hydrogen) atoms. The van der Waals surface area contributed by atoms with E-state index in [-0.39, 0.29) is 18.1 Å². The fourth-order valence-corrected chi connectivity index (χ4v) is 1.62. The van der Waals surface area contributed by atoms with Crippen molar-refractivity contribution in [1.82, 2.24) is 20.1 Å². The molecule has 1 heterocycles. The van der Waals surface area contributed by atoms with Crippen molar-refractivity contribution in [2.75, 3.05) is 25.6 Å². The SMILES string of the molecule is Cc1nc(C(=O)N(C)CCS(C)(=O)=O)n[nH]1. The number of aryl methyl sites for hydroxylation is 1. The summed E-state index contributed by atoms with van der Waals surface area (Å²) < 4.78 is 21.8. The van der Waals surface area contributed by atoms with E-state index in [0.29, 0.717) is 5.82 Å². The van der Waals surface area contributed by atoms with E-state index >= 15 is 0 Å². The third-order valence-electron chi connectivity index (χ3n) is 1.93. The molecule has 90 valence electrons. The van der Waals surface area contributed by atoms with Crippen molar-refractivity contribution in [1.29, 1.82) is 0 Å². The lowest BCUT2D eigenvalue weighted by Gasteiger charge is -2.13. The largest absolute Gasteiger partial charge is 0.338 e. The summed E-state index contributed by atoms with van der Waals surface area (Å²) in [4.78, 5) is 16.8. The molecule has 7 nitrogen and oxygen atoms in total. The first kappa shape index (κ1) is 12.6. The van der Waals surface area contributed by atoms with Crippen LogP contribution in [0.3, 0.4) is 0 Å². The smallest absolute Gasteiger partial charge is 0.293 e. The van der Waals surface area contributed by atoms with Gasteiger partial charge in [-0.3, -0.25) is 9.89 Å². The highest BCUT2D eigenvalue weighted by atomic mass is 32.2. The molecule has 0 aliphatic carbocycles. The van der Waals surface area contributed by atoms with Crippen LogP contribution in [-0.2, 0) is 9.84 Å². The van der Waals surface area contributed by atoms with Crippen molar-refractivity contribution in [3.05, 3.63) is 11.6 Å². The molecule has 0 saturated heterocycles. The molecule has 0 aliphatic rings. The summed E-state index contributed by atoms with van der Waals surface area (Å²) in [7, 11) is -1.56. The van der Waals surface area contributed by atoms with Gasteiger partial charge in [-0.2, -0.15) is 0 Å². The Morgan fingerprint density at radius 2 is 2.12 bits per heavy atom. The van der Waals surface area contributed by atoms with E-state index in [1.165, 1.54) is 11.9 Å². The number of rotatable bonds is 4. The molecule has 0 saturated carbocycles. The Morgan fingerprint density at radius 3 is 2.56 bits per heavy atom. The Kier molecular flexibility index (Phi) is 3.63. The normalized spacial score (nSPS) is 11.4. The Balaban J connectivity index is 2.61. The van der Waals surface area contributed by atoms with Gasteiger partial charge in [-0.25, -0.2) is 13.4 Å². The molecule has 1 amide bonds. The Hall–Kier alpha value is -1.44. The maximum Gasteiger partial charge on any atom is 0.293 e. The lowest BCUT2D eigenvalue weighted by molar-refractivity contribution is 0.0792. The van der Waals surface area contributed by atoms with Gasteiger partial charge < -0.3 is 4.90 Å². The van der Waals surface area contributed by atoms with E-state index in [1.54, 1.807) is 6.92 Å². The van der Waals surface area contributed by atoms with Gasteiger partial charge in [0, 0.05) is 19.8 Å². The number of aromatic amines is 1. The van der Waals surface area contributed by atoms with E-state index in [9.17, 15) is 13.2 Å². The summed E-state index contributed by atoms with van der Waals surface area (Å²) >= 11 is 0. The fourth-order valence-electron chi connectivity index (χ4n) is 1.01. The van der Waals surface area contributed by atoms with Gasteiger partial charge >= 0.3 is 0 Å². The lowest BCUT2D eigenvalue weighted by atomic mass is 10.5. The average Bonchev–Trinajstić information content (AvgIpc) is 2.59. The zero-order valence-corrected chi connectivity index (χ0v) is 10.2. The quantitative estimate of drug-likeness (QED) is 0.752. The number of nitrogens with zero attached hydrogens (tertiary/aromatic N) is 3. The second kappa shape index (κ2) is 4.60. The predicted octanol–water partition coefficient (Wildman–Crippen LogP) is -0.770. The number of sulfone groups is 1. The second-order valence-corrected chi connectivity index (χ2v) is 5.86. The fraction of sp³-hybridized carbons (Fsp3) is 0.625. The maximum atomic E-state index is 11.7. The molecular formula is C8H14N4O3S. The summed E-state index contributed by atoms with van der Waals surface area (Å²) in [5.41, 5.74) is 0. The highest BCUT2D eigenvalue weighted by Gasteiger charge is 2.17. The molecule has 0 aliphatic heterocycles. The maximum absolute atomic E-state index is 11.7. The highest BCUT2D eigenvalue weighted by molar-refractivity contribution is 7.90. The van der Waals surface area contributed by atoms with Crippen LogP contribution in [0.4, 0.5) is 0 Å². The molecule has 1 aromatic heterocycles. The summed E-state index contributed by atoms with van der Waals surface area (Å²) in [5, 5.41) is 6.25. The lowest BCUT2D eigenvalue weighted by Crippen LogP contribution is -2.32. The summed E-state index contributed by atoms with van der Waals surface area (Å²) in [6.07, 6.45) is 1.13. The van der Waals surface area contributed by atoms with Crippen molar-refractivity contribution in [2.45, 2.75) is 6.92 Å². The Morgan fingerprint density at radius 1 is 1.50 bits per heavy atom. The molecule has 1 aromatic rings. The topological polar surface area (TPSA) is 96.0 Å². The van der Waals surface area contributed by atoms with Crippen LogP contribution in [0.25, 0.3) is 0 Å². The van der Waals surface area contributed by atoms with Crippen LogP contribution in [0.5, 0.6) is 0 Å². The molecule has 0 bridgehead atoms. The van der Waals surface area contributed by atoms with E-state index in [1.807, 2.05) is 0 Å². The number of nitrogens with one attached hydrogen (secondary N) is 1. The molecule has 0 radical (unpaired) electrons. The van der Waals surface area contributed by atoms with Crippen LogP contribution in [0, 0.1) is 6.92 Å². The van der Waals surface area contributed by atoms with Gasteiger partial charge in [-0.1, -0.05) is 0 Å². The van der Waals surface area contributed by atoms with Gasteiger partial charge in [0.25, 0.3) is 5.91 Å². The van der Waals surface area contributed by atoms with E-state index < -0.39 is 15.7 Å². The van der Waals surface area contributed by atoms with Gasteiger partial charge in [-0.15, -0.1) is 5.10 Å². The van der Waals surface area contributed by atoms with Crippen LogP contribution >= 0.6 is 0 Å². The standard InChI is InChI=1S/C8H14N4O3S/c1-6-9-7(11-10-6)8(13)12(2)4-5-16(3,14)15/h4-5H2,1-3H3,(H,9,10,11). The van der Waals surface area contributed by atoms with E-state index in [0.717, 1.165) is 6.26 Å². The molecular weight excluding hydrogens is 232 g/mol. The Bertz CT molecular complexity index is 479. The van der Waals surface area contributed by atoms with Crippen LogP contribution in [-0.4, -0.2) is 60.0 Å². The minimum atomic E-state index is -3.07. The number of aromatic nitrogens is 3. The second-order valence-electron chi connectivity index (χ2n) is 3.60. The zero-order chi connectivity index (χ0) is 12.3. The number of hydrogen-bond acceptors (Lipinski definition) is 5. The summed E-state index contributed by atoms with van der Waals surface area (Å²) in [6.45, 7) is 1.81. The minimum Gasteiger partial charge on any atom is -0.338 e. The third-order valence-corrected chi connectivity index (χ3v) is 2.86. The van der Waals surface area contributed by atoms with Crippen LogP contribution < -0.4 is 0 Å². The van der Waals surface area contributed by atoms with Gasteiger partial charge in [0.15, 0.2) is 0 Å².